The van der Waals surface area contributed by atoms with Crippen molar-refractivity contribution in [1.29, 1.82) is 0 Å². The van der Waals surface area contributed by atoms with E-state index in [0.717, 1.165) is 49.8 Å². The second-order valence-electron chi connectivity index (χ2n) is 8.68. The minimum Gasteiger partial charge on any atom is -0.507 e. The number of aromatic hydroxyl groups is 1. The standard InChI is InChI=1S/C25H38O3/c1-3-4-6-11-20-16-23(26)25(21-12-9-10-19(2)15-21)24(17-20)28-18-27-22-13-7-5-8-14-22/h15-17,21-22,26H,3-14,18H2,1-2H3. The summed E-state index contributed by atoms with van der Waals surface area (Å²) in [6, 6.07) is 4.10. The van der Waals surface area contributed by atoms with Crippen LogP contribution < -0.4 is 4.74 Å². The Bertz CT molecular complexity index is 643. The molecule has 1 aromatic rings. The molecule has 156 valence electrons. The lowest BCUT2D eigenvalue weighted by Crippen LogP contribution is -2.19. The lowest BCUT2D eigenvalue weighted by atomic mass is 9.84. The highest BCUT2D eigenvalue weighted by molar-refractivity contribution is 5.51. The van der Waals surface area contributed by atoms with Gasteiger partial charge >= 0.3 is 0 Å². The third-order valence-electron chi connectivity index (χ3n) is 6.26. The highest BCUT2D eigenvalue weighted by Gasteiger charge is 2.23. The topological polar surface area (TPSA) is 38.7 Å². The van der Waals surface area contributed by atoms with Gasteiger partial charge in [0.05, 0.1) is 6.10 Å². The quantitative estimate of drug-likeness (QED) is 0.281. The van der Waals surface area contributed by atoms with E-state index in [1.807, 2.05) is 6.07 Å². The summed E-state index contributed by atoms with van der Waals surface area (Å²) in [5.41, 5.74) is 3.52. The Kier molecular flexibility index (Phi) is 8.27. The van der Waals surface area contributed by atoms with Crippen LogP contribution in [0.5, 0.6) is 11.5 Å². The second-order valence-corrected chi connectivity index (χ2v) is 8.68. The summed E-state index contributed by atoms with van der Waals surface area (Å²) in [5.74, 6) is 1.44. The average molecular weight is 387 g/mol. The van der Waals surface area contributed by atoms with Crippen LogP contribution in [0.25, 0.3) is 0 Å². The maximum absolute atomic E-state index is 10.9. The van der Waals surface area contributed by atoms with Gasteiger partial charge in [-0.3, -0.25) is 0 Å². The van der Waals surface area contributed by atoms with Crippen molar-refractivity contribution in [2.45, 2.75) is 103 Å². The number of phenolic OH excluding ortho intramolecular Hbond substituents is 1. The van der Waals surface area contributed by atoms with Crippen molar-refractivity contribution in [2.24, 2.45) is 0 Å². The molecule has 1 fully saturated rings. The number of aryl methyl sites for hydroxylation is 1. The van der Waals surface area contributed by atoms with Crippen LogP contribution in [-0.2, 0) is 11.2 Å². The smallest absolute Gasteiger partial charge is 0.189 e. The first kappa shape index (κ1) is 21.2. The minimum absolute atomic E-state index is 0.239. The van der Waals surface area contributed by atoms with Crippen LogP contribution in [0.15, 0.2) is 23.8 Å². The van der Waals surface area contributed by atoms with Crippen molar-refractivity contribution in [2.75, 3.05) is 6.79 Å². The highest BCUT2D eigenvalue weighted by Crippen LogP contribution is 2.42. The van der Waals surface area contributed by atoms with Crippen molar-refractivity contribution < 1.29 is 14.6 Å². The van der Waals surface area contributed by atoms with Gasteiger partial charge in [0, 0.05) is 11.5 Å². The van der Waals surface area contributed by atoms with E-state index in [-0.39, 0.29) is 12.7 Å². The monoisotopic (exact) mass is 386 g/mol. The molecule has 0 aliphatic heterocycles. The van der Waals surface area contributed by atoms with Gasteiger partial charge < -0.3 is 14.6 Å². The maximum atomic E-state index is 10.9. The molecule has 1 aromatic carbocycles. The maximum Gasteiger partial charge on any atom is 0.189 e. The SMILES string of the molecule is CCCCCc1cc(O)c(C2C=C(C)CCC2)c(OCOC2CCCCC2)c1. The van der Waals surface area contributed by atoms with Crippen LogP contribution in [0.2, 0.25) is 0 Å². The fourth-order valence-corrected chi connectivity index (χ4v) is 4.65. The van der Waals surface area contributed by atoms with Gasteiger partial charge in [-0.25, -0.2) is 0 Å². The lowest BCUT2D eigenvalue weighted by Gasteiger charge is -2.25. The molecule has 2 aliphatic carbocycles. The normalized spacial score (nSPS) is 20.8. The first-order valence-electron chi connectivity index (χ1n) is 11.4. The van der Waals surface area contributed by atoms with Gasteiger partial charge in [-0.1, -0.05) is 50.7 Å². The van der Waals surface area contributed by atoms with Gasteiger partial charge in [0.2, 0.25) is 0 Å². The Hall–Kier alpha value is -1.48. The summed E-state index contributed by atoms with van der Waals surface area (Å²) in [7, 11) is 0. The van der Waals surface area contributed by atoms with Crippen molar-refractivity contribution in [3.05, 3.63) is 34.9 Å². The second kappa shape index (κ2) is 10.9. The summed E-state index contributed by atoms with van der Waals surface area (Å²) in [6.45, 7) is 4.69. The number of hydrogen-bond acceptors (Lipinski definition) is 3. The van der Waals surface area contributed by atoms with Crippen LogP contribution in [0.3, 0.4) is 0 Å². The first-order chi connectivity index (χ1) is 13.7. The fourth-order valence-electron chi connectivity index (χ4n) is 4.65. The van der Waals surface area contributed by atoms with Crippen molar-refractivity contribution >= 4 is 0 Å². The summed E-state index contributed by atoms with van der Waals surface area (Å²) in [4.78, 5) is 0. The van der Waals surface area contributed by atoms with E-state index in [4.69, 9.17) is 9.47 Å². The molecule has 3 nitrogen and oxygen atoms in total. The molecule has 1 unspecified atom stereocenters. The third-order valence-corrected chi connectivity index (χ3v) is 6.26. The van der Waals surface area contributed by atoms with Gasteiger partial charge in [0.15, 0.2) is 6.79 Å². The summed E-state index contributed by atoms with van der Waals surface area (Å²) in [6.07, 6.45) is 16.7. The molecule has 0 bridgehead atoms. The molecule has 3 rings (SSSR count). The Morgan fingerprint density at radius 2 is 1.86 bits per heavy atom. The Balaban J connectivity index is 1.75. The van der Waals surface area contributed by atoms with Crippen molar-refractivity contribution in [1.82, 2.24) is 0 Å². The molecule has 0 aromatic heterocycles. The summed E-state index contributed by atoms with van der Waals surface area (Å²) < 4.78 is 12.2. The van der Waals surface area contributed by atoms with Gasteiger partial charge in [-0.05, 0) is 69.6 Å². The van der Waals surface area contributed by atoms with E-state index in [1.165, 1.54) is 49.7 Å². The molecule has 1 N–H and O–H groups in total. The first-order valence-corrected chi connectivity index (χ1v) is 11.4. The molecule has 0 amide bonds. The number of ether oxygens (including phenoxy) is 2. The zero-order valence-corrected chi connectivity index (χ0v) is 17.8. The molecule has 2 aliphatic rings. The molecular formula is C25H38O3. The van der Waals surface area contributed by atoms with Crippen molar-refractivity contribution in [3.63, 3.8) is 0 Å². The molecule has 1 saturated carbocycles. The van der Waals surface area contributed by atoms with Crippen LogP contribution in [0.4, 0.5) is 0 Å². The number of rotatable bonds is 9. The van der Waals surface area contributed by atoms with E-state index in [9.17, 15) is 5.11 Å². The number of hydrogen-bond donors (Lipinski definition) is 1. The molecule has 0 saturated heterocycles. The molecule has 0 radical (unpaired) electrons. The number of phenols is 1. The predicted molar refractivity (Wildman–Crippen MR) is 115 cm³/mol. The van der Waals surface area contributed by atoms with Gasteiger partial charge in [-0.2, -0.15) is 0 Å². The van der Waals surface area contributed by atoms with E-state index >= 15 is 0 Å². The zero-order valence-electron chi connectivity index (χ0n) is 17.8. The van der Waals surface area contributed by atoms with Crippen LogP contribution >= 0.6 is 0 Å². The lowest BCUT2D eigenvalue weighted by molar-refractivity contribution is -0.0501. The van der Waals surface area contributed by atoms with E-state index in [2.05, 4.69) is 26.0 Å². The van der Waals surface area contributed by atoms with Gasteiger partial charge in [0.25, 0.3) is 0 Å². The summed E-state index contributed by atoms with van der Waals surface area (Å²) >= 11 is 0. The van der Waals surface area contributed by atoms with E-state index in [0.29, 0.717) is 11.9 Å². The fraction of sp³-hybridized carbons (Fsp3) is 0.680. The minimum atomic E-state index is 0.239. The summed E-state index contributed by atoms with van der Waals surface area (Å²) in [5, 5.41) is 10.9. The predicted octanol–water partition coefficient (Wildman–Crippen LogP) is 7.02. The number of unbranched alkanes of at least 4 members (excludes halogenated alkanes) is 2. The number of benzene rings is 1. The van der Waals surface area contributed by atoms with Crippen molar-refractivity contribution in [3.8, 4) is 11.5 Å². The van der Waals surface area contributed by atoms with Gasteiger partial charge in [-0.15, -0.1) is 0 Å². The Morgan fingerprint density at radius 3 is 2.61 bits per heavy atom. The highest BCUT2D eigenvalue weighted by atomic mass is 16.7. The van der Waals surface area contributed by atoms with Crippen LogP contribution in [-0.4, -0.2) is 18.0 Å². The van der Waals surface area contributed by atoms with Crippen LogP contribution in [0.1, 0.15) is 102 Å². The van der Waals surface area contributed by atoms with Gasteiger partial charge in [0.1, 0.15) is 11.5 Å². The van der Waals surface area contributed by atoms with Crippen LogP contribution in [0, 0.1) is 0 Å². The zero-order chi connectivity index (χ0) is 19.8. The number of allylic oxidation sites excluding steroid dienone is 2. The van der Waals surface area contributed by atoms with E-state index < -0.39 is 0 Å². The molecule has 28 heavy (non-hydrogen) atoms. The Morgan fingerprint density at radius 1 is 1.04 bits per heavy atom. The third kappa shape index (κ3) is 6.01. The molecule has 1 atom stereocenters. The molecule has 0 spiro atoms. The molecular weight excluding hydrogens is 348 g/mol. The Labute approximate surface area is 171 Å². The molecule has 0 heterocycles. The molecule has 3 heteroatoms. The van der Waals surface area contributed by atoms with E-state index in [1.54, 1.807) is 0 Å². The average Bonchev–Trinajstić information content (AvgIpc) is 2.69. The largest absolute Gasteiger partial charge is 0.507 e.